The van der Waals surface area contributed by atoms with Crippen molar-refractivity contribution in [3.05, 3.63) is 74.4 Å². The lowest BCUT2D eigenvalue weighted by molar-refractivity contribution is 0.0932. The molecule has 0 saturated heterocycles. The summed E-state index contributed by atoms with van der Waals surface area (Å²) >= 11 is 3.26. The quantitative estimate of drug-likeness (QED) is 0.475. The van der Waals surface area contributed by atoms with Gasteiger partial charge in [-0.3, -0.25) is 9.59 Å². The van der Waals surface area contributed by atoms with Crippen molar-refractivity contribution in [1.29, 1.82) is 0 Å². The number of nitrogens with one attached hydrogen (secondary N) is 2. The summed E-state index contributed by atoms with van der Waals surface area (Å²) in [7, 11) is 7.92. The van der Waals surface area contributed by atoms with E-state index in [1.807, 2.05) is 39.0 Å². The normalized spacial score (nSPS) is 13.2. The van der Waals surface area contributed by atoms with Gasteiger partial charge in [0.05, 0.1) is 12.1 Å². The number of amides is 2. The molecule has 0 aliphatic carbocycles. The predicted octanol–water partition coefficient (Wildman–Crippen LogP) is 3.27. The van der Waals surface area contributed by atoms with Crippen molar-refractivity contribution in [1.82, 2.24) is 25.4 Å². The third-order valence-corrected chi connectivity index (χ3v) is 6.63. The van der Waals surface area contributed by atoms with Crippen LogP contribution in [0.5, 0.6) is 0 Å². The van der Waals surface area contributed by atoms with E-state index in [2.05, 4.69) is 48.3 Å². The summed E-state index contributed by atoms with van der Waals surface area (Å²) in [5, 5.41) is 14.1. The zero-order valence-electron chi connectivity index (χ0n) is 18.7. The SMILES string of the molecule is CN(C)C(CNC(=O)c1cccc(C(=O)NCC(c2ccsc2)N(C)C)n1)c1ccsc1. The van der Waals surface area contributed by atoms with Crippen molar-refractivity contribution in [3.63, 3.8) is 0 Å². The van der Waals surface area contributed by atoms with Gasteiger partial charge < -0.3 is 20.4 Å². The number of likely N-dealkylation sites (N-methyl/N-ethyl adjacent to an activating group) is 2. The van der Waals surface area contributed by atoms with Gasteiger partial charge in [0, 0.05) is 13.1 Å². The standard InChI is InChI=1S/C23H29N5O2S2/c1-27(2)20(16-8-10-31-14-16)12-24-22(29)18-6-5-7-19(26-18)23(30)25-13-21(28(3)4)17-9-11-32-15-17/h5-11,14-15,20-21H,12-13H2,1-4H3,(H,24,29)(H,25,30). The molecule has 0 bridgehead atoms. The van der Waals surface area contributed by atoms with E-state index < -0.39 is 0 Å². The molecule has 0 saturated carbocycles. The zero-order valence-corrected chi connectivity index (χ0v) is 20.4. The van der Waals surface area contributed by atoms with Crippen LogP contribution in [0.4, 0.5) is 0 Å². The molecule has 0 fully saturated rings. The zero-order chi connectivity index (χ0) is 23.1. The Labute approximate surface area is 197 Å². The minimum atomic E-state index is -0.300. The molecule has 0 spiro atoms. The first-order chi connectivity index (χ1) is 15.4. The first-order valence-corrected chi connectivity index (χ1v) is 12.2. The van der Waals surface area contributed by atoms with E-state index in [0.717, 1.165) is 11.1 Å². The summed E-state index contributed by atoms with van der Waals surface area (Å²) < 4.78 is 0. The van der Waals surface area contributed by atoms with E-state index in [0.29, 0.717) is 13.1 Å². The van der Waals surface area contributed by atoms with E-state index in [-0.39, 0.29) is 35.3 Å². The minimum Gasteiger partial charge on any atom is -0.349 e. The van der Waals surface area contributed by atoms with E-state index in [9.17, 15) is 9.59 Å². The Kier molecular flexibility index (Phi) is 8.52. The van der Waals surface area contributed by atoms with Gasteiger partial charge in [0.15, 0.2) is 0 Å². The molecule has 3 aromatic heterocycles. The molecule has 0 aliphatic heterocycles. The lowest BCUT2D eigenvalue weighted by atomic mass is 10.1. The predicted molar refractivity (Wildman–Crippen MR) is 130 cm³/mol. The summed E-state index contributed by atoms with van der Waals surface area (Å²) in [6.45, 7) is 0.900. The lowest BCUT2D eigenvalue weighted by Gasteiger charge is -2.24. The number of aromatic nitrogens is 1. The Morgan fingerprint density at radius 2 is 1.25 bits per heavy atom. The molecule has 2 atom stereocenters. The van der Waals surface area contributed by atoms with Crippen LogP contribution in [0, 0.1) is 0 Å². The fraction of sp³-hybridized carbons (Fsp3) is 0.348. The summed E-state index contributed by atoms with van der Waals surface area (Å²) in [6.07, 6.45) is 0. The minimum absolute atomic E-state index is 0.0664. The molecule has 2 unspecified atom stereocenters. The van der Waals surface area contributed by atoms with E-state index >= 15 is 0 Å². The summed E-state index contributed by atoms with van der Waals surface area (Å²) in [6, 6.07) is 9.17. The number of hydrogen-bond donors (Lipinski definition) is 2. The number of carbonyl (C=O) groups is 2. The molecule has 9 heteroatoms. The topological polar surface area (TPSA) is 77.6 Å². The van der Waals surface area contributed by atoms with Gasteiger partial charge in [-0.25, -0.2) is 4.98 Å². The number of pyridine rings is 1. The number of rotatable bonds is 10. The average Bonchev–Trinajstić information content (AvgIpc) is 3.48. The van der Waals surface area contributed by atoms with Crippen LogP contribution in [0.1, 0.15) is 44.2 Å². The number of thiophene rings is 2. The van der Waals surface area contributed by atoms with Crippen molar-refractivity contribution >= 4 is 34.5 Å². The van der Waals surface area contributed by atoms with Crippen LogP contribution < -0.4 is 10.6 Å². The van der Waals surface area contributed by atoms with Crippen LogP contribution in [-0.4, -0.2) is 67.9 Å². The molecule has 3 aromatic rings. The molecular weight excluding hydrogens is 442 g/mol. The maximum Gasteiger partial charge on any atom is 0.269 e. The van der Waals surface area contributed by atoms with Gasteiger partial charge in [0.2, 0.25) is 0 Å². The molecule has 2 N–H and O–H groups in total. The van der Waals surface area contributed by atoms with Gasteiger partial charge >= 0.3 is 0 Å². The maximum atomic E-state index is 12.7. The Bertz CT molecular complexity index is 926. The van der Waals surface area contributed by atoms with Crippen molar-refractivity contribution in [2.24, 2.45) is 0 Å². The molecular formula is C23H29N5O2S2. The van der Waals surface area contributed by atoms with Gasteiger partial charge in [0.1, 0.15) is 11.4 Å². The van der Waals surface area contributed by atoms with Gasteiger partial charge in [-0.2, -0.15) is 22.7 Å². The molecule has 32 heavy (non-hydrogen) atoms. The summed E-state index contributed by atoms with van der Waals surface area (Å²) in [5.74, 6) is -0.600. The second-order valence-corrected chi connectivity index (χ2v) is 9.46. The van der Waals surface area contributed by atoms with Crippen molar-refractivity contribution in [2.45, 2.75) is 12.1 Å². The molecule has 170 valence electrons. The first kappa shape index (κ1) is 24.1. The van der Waals surface area contributed by atoms with Crippen LogP contribution in [0.25, 0.3) is 0 Å². The smallest absolute Gasteiger partial charge is 0.269 e. The second-order valence-electron chi connectivity index (χ2n) is 7.90. The second kappa shape index (κ2) is 11.3. The number of carbonyl (C=O) groups excluding carboxylic acids is 2. The highest BCUT2D eigenvalue weighted by molar-refractivity contribution is 7.08. The Morgan fingerprint density at radius 1 is 0.812 bits per heavy atom. The van der Waals surface area contributed by atoms with Gasteiger partial charge in [0.25, 0.3) is 11.8 Å². The molecule has 3 heterocycles. The van der Waals surface area contributed by atoms with Crippen LogP contribution in [0.15, 0.2) is 51.9 Å². The Hall–Kier alpha value is -2.59. The van der Waals surface area contributed by atoms with Crippen molar-refractivity contribution < 1.29 is 9.59 Å². The Balaban J connectivity index is 1.61. The monoisotopic (exact) mass is 471 g/mol. The van der Waals surface area contributed by atoms with E-state index in [4.69, 9.17) is 0 Å². The highest BCUT2D eigenvalue weighted by atomic mass is 32.1. The first-order valence-electron chi connectivity index (χ1n) is 10.3. The summed E-state index contributed by atoms with van der Waals surface area (Å²) in [4.78, 5) is 33.8. The molecule has 3 rings (SSSR count). The lowest BCUT2D eigenvalue weighted by Crippen LogP contribution is -2.36. The molecule has 0 aliphatic rings. The van der Waals surface area contributed by atoms with Crippen LogP contribution in [0.2, 0.25) is 0 Å². The highest BCUT2D eigenvalue weighted by Crippen LogP contribution is 2.21. The van der Waals surface area contributed by atoms with Gasteiger partial charge in [-0.05, 0) is 85.1 Å². The number of hydrogen-bond acceptors (Lipinski definition) is 7. The van der Waals surface area contributed by atoms with Crippen LogP contribution in [0.3, 0.4) is 0 Å². The third kappa shape index (κ3) is 6.23. The molecule has 7 nitrogen and oxygen atoms in total. The van der Waals surface area contributed by atoms with Crippen LogP contribution >= 0.6 is 22.7 Å². The molecule has 0 aromatic carbocycles. The van der Waals surface area contributed by atoms with Gasteiger partial charge in [-0.15, -0.1) is 0 Å². The summed E-state index contributed by atoms with van der Waals surface area (Å²) in [5.41, 5.74) is 2.76. The largest absolute Gasteiger partial charge is 0.349 e. The fourth-order valence-electron chi connectivity index (χ4n) is 3.37. The molecule has 0 radical (unpaired) electrons. The van der Waals surface area contributed by atoms with Crippen LogP contribution in [-0.2, 0) is 0 Å². The maximum absolute atomic E-state index is 12.7. The highest BCUT2D eigenvalue weighted by Gasteiger charge is 2.19. The Morgan fingerprint density at radius 3 is 1.59 bits per heavy atom. The average molecular weight is 472 g/mol. The third-order valence-electron chi connectivity index (χ3n) is 5.23. The number of nitrogens with zero attached hydrogens (tertiary/aromatic N) is 3. The molecule has 2 amide bonds. The van der Waals surface area contributed by atoms with Gasteiger partial charge in [-0.1, -0.05) is 6.07 Å². The van der Waals surface area contributed by atoms with E-state index in [1.165, 1.54) is 0 Å². The van der Waals surface area contributed by atoms with E-state index in [1.54, 1.807) is 40.9 Å². The fourth-order valence-corrected chi connectivity index (χ4v) is 4.79. The van der Waals surface area contributed by atoms with Crippen molar-refractivity contribution in [2.75, 3.05) is 41.3 Å². The van der Waals surface area contributed by atoms with Crippen molar-refractivity contribution in [3.8, 4) is 0 Å².